The van der Waals surface area contributed by atoms with E-state index in [4.69, 9.17) is 0 Å². The van der Waals surface area contributed by atoms with Crippen LogP contribution >= 0.6 is 0 Å². The molecule has 3 heterocycles. The molecule has 0 aliphatic rings. The molecule has 0 amide bonds. The Bertz CT molecular complexity index is 916. The minimum atomic E-state index is -4.74. The van der Waals surface area contributed by atoms with Gasteiger partial charge in [0.2, 0.25) is 5.95 Å². The summed E-state index contributed by atoms with van der Waals surface area (Å²) in [5.74, 6) is 0.433. The molecule has 0 radical (unpaired) electrons. The minimum Gasteiger partial charge on any atom is -0.325 e. The standard InChI is InChI=1S/C14H11F3N6O/c1-8-6-11(20-10-4-2-3-5-18-10)23(22-8)13-19-9(14(15,16)17)7-12(24)21-13/h2-7H,1H3,(H,18,20)(H,19,21,24). The number of nitrogens with one attached hydrogen (secondary N) is 2. The van der Waals surface area contributed by atoms with Crippen molar-refractivity contribution >= 4 is 11.6 Å². The van der Waals surface area contributed by atoms with E-state index in [-0.39, 0.29) is 5.95 Å². The number of H-pyrrole nitrogens is 1. The first-order valence-electron chi connectivity index (χ1n) is 6.76. The van der Waals surface area contributed by atoms with Crippen LogP contribution in [-0.2, 0) is 6.18 Å². The van der Waals surface area contributed by atoms with Gasteiger partial charge in [0, 0.05) is 18.3 Å². The van der Waals surface area contributed by atoms with Gasteiger partial charge in [-0.1, -0.05) is 6.07 Å². The first-order chi connectivity index (χ1) is 11.3. The molecule has 0 aliphatic carbocycles. The molecule has 7 nitrogen and oxygen atoms in total. The van der Waals surface area contributed by atoms with Gasteiger partial charge in [-0.25, -0.2) is 9.97 Å². The first kappa shape index (κ1) is 15.7. The molecule has 0 saturated carbocycles. The van der Waals surface area contributed by atoms with Gasteiger partial charge in [-0.15, -0.1) is 0 Å². The van der Waals surface area contributed by atoms with Crippen LogP contribution in [0.1, 0.15) is 11.4 Å². The van der Waals surface area contributed by atoms with E-state index in [0.29, 0.717) is 23.4 Å². The maximum Gasteiger partial charge on any atom is 0.433 e. The van der Waals surface area contributed by atoms with E-state index in [1.165, 1.54) is 0 Å². The lowest BCUT2D eigenvalue weighted by atomic mass is 10.4. The lowest BCUT2D eigenvalue weighted by molar-refractivity contribution is -0.141. The first-order valence-corrected chi connectivity index (χ1v) is 6.76. The van der Waals surface area contributed by atoms with E-state index in [1.807, 2.05) is 0 Å². The average molecular weight is 336 g/mol. The zero-order valence-corrected chi connectivity index (χ0v) is 12.3. The van der Waals surface area contributed by atoms with Crippen molar-refractivity contribution in [1.29, 1.82) is 0 Å². The number of rotatable bonds is 3. The summed E-state index contributed by atoms with van der Waals surface area (Å²) in [6, 6.07) is 7.13. The third kappa shape index (κ3) is 3.26. The Labute approximate surface area is 133 Å². The fourth-order valence-electron chi connectivity index (χ4n) is 2.01. The number of alkyl halides is 3. The molecule has 0 fully saturated rings. The average Bonchev–Trinajstić information content (AvgIpc) is 2.87. The van der Waals surface area contributed by atoms with Crippen LogP contribution in [0, 0.1) is 6.92 Å². The molecule has 0 spiro atoms. The van der Waals surface area contributed by atoms with Crippen molar-refractivity contribution in [2.75, 3.05) is 5.32 Å². The van der Waals surface area contributed by atoms with Crippen molar-refractivity contribution in [3.63, 3.8) is 0 Å². The highest BCUT2D eigenvalue weighted by Crippen LogP contribution is 2.27. The van der Waals surface area contributed by atoms with E-state index in [2.05, 4.69) is 25.4 Å². The molecule has 0 aliphatic heterocycles. The quantitative estimate of drug-likeness (QED) is 0.767. The fraction of sp³-hybridized carbons (Fsp3) is 0.143. The third-order valence-electron chi connectivity index (χ3n) is 2.97. The van der Waals surface area contributed by atoms with Crippen LogP contribution in [-0.4, -0.2) is 24.7 Å². The Morgan fingerprint density at radius 1 is 1.25 bits per heavy atom. The third-order valence-corrected chi connectivity index (χ3v) is 2.97. The number of aromatic nitrogens is 5. The summed E-state index contributed by atoms with van der Waals surface area (Å²) in [5, 5.41) is 6.98. The van der Waals surface area contributed by atoms with E-state index < -0.39 is 17.4 Å². The van der Waals surface area contributed by atoms with Crippen molar-refractivity contribution in [3.05, 3.63) is 58.3 Å². The topological polar surface area (TPSA) is 88.5 Å². The second kappa shape index (κ2) is 5.80. The van der Waals surface area contributed by atoms with Crippen LogP contribution in [0.3, 0.4) is 0 Å². The predicted molar refractivity (Wildman–Crippen MR) is 79.2 cm³/mol. The Morgan fingerprint density at radius 3 is 2.71 bits per heavy atom. The Kier molecular flexibility index (Phi) is 3.80. The summed E-state index contributed by atoms with van der Waals surface area (Å²) in [7, 11) is 0. The molecule has 0 atom stereocenters. The summed E-state index contributed by atoms with van der Waals surface area (Å²) in [5.41, 5.74) is -1.70. The minimum absolute atomic E-state index is 0.314. The highest BCUT2D eigenvalue weighted by molar-refractivity contribution is 5.54. The van der Waals surface area contributed by atoms with E-state index >= 15 is 0 Å². The normalized spacial score (nSPS) is 11.5. The van der Waals surface area contributed by atoms with Crippen LogP contribution in [0.25, 0.3) is 5.95 Å². The molecular formula is C14H11F3N6O. The second-order valence-corrected chi connectivity index (χ2v) is 4.87. The zero-order valence-electron chi connectivity index (χ0n) is 12.3. The van der Waals surface area contributed by atoms with Gasteiger partial charge in [0.1, 0.15) is 11.6 Å². The lowest BCUT2D eigenvalue weighted by Gasteiger charge is -2.10. The molecule has 3 aromatic rings. The van der Waals surface area contributed by atoms with Gasteiger partial charge in [-0.3, -0.25) is 9.78 Å². The molecular weight excluding hydrogens is 325 g/mol. The number of halogens is 3. The van der Waals surface area contributed by atoms with Gasteiger partial charge < -0.3 is 5.32 Å². The van der Waals surface area contributed by atoms with Crippen LogP contribution in [0.5, 0.6) is 0 Å². The molecule has 10 heteroatoms. The van der Waals surface area contributed by atoms with E-state index in [0.717, 1.165) is 4.68 Å². The van der Waals surface area contributed by atoms with Crippen molar-refractivity contribution < 1.29 is 13.2 Å². The maximum atomic E-state index is 12.8. The molecule has 0 unspecified atom stereocenters. The summed E-state index contributed by atoms with van der Waals surface area (Å²) < 4.78 is 39.6. The van der Waals surface area contributed by atoms with Crippen LogP contribution in [0.2, 0.25) is 0 Å². The van der Waals surface area contributed by atoms with Crippen molar-refractivity contribution in [2.45, 2.75) is 13.1 Å². The van der Waals surface area contributed by atoms with Crippen molar-refractivity contribution in [1.82, 2.24) is 24.7 Å². The largest absolute Gasteiger partial charge is 0.433 e. The zero-order chi connectivity index (χ0) is 17.3. The van der Waals surface area contributed by atoms with E-state index in [9.17, 15) is 18.0 Å². The molecule has 0 saturated heterocycles. The second-order valence-electron chi connectivity index (χ2n) is 4.87. The summed E-state index contributed by atoms with van der Waals surface area (Å²) in [4.78, 5) is 21.3. The van der Waals surface area contributed by atoms with Crippen molar-refractivity contribution in [3.8, 4) is 5.95 Å². The summed E-state index contributed by atoms with van der Waals surface area (Å²) >= 11 is 0. The van der Waals surface area contributed by atoms with Gasteiger partial charge in [-0.05, 0) is 19.1 Å². The molecule has 3 aromatic heterocycles. The molecule has 2 N–H and O–H groups in total. The summed E-state index contributed by atoms with van der Waals surface area (Å²) in [6.07, 6.45) is -3.18. The number of pyridine rings is 1. The van der Waals surface area contributed by atoms with Gasteiger partial charge in [0.25, 0.3) is 5.56 Å². The van der Waals surface area contributed by atoms with E-state index in [1.54, 1.807) is 37.4 Å². The predicted octanol–water partition coefficient (Wildman–Crippen LogP) is 2.42. The SMILES string of the molecule is Cc1cc(Nc2ccccn2)n(-c2nc(C(F)(F)F)cc(=O)[nH]2)n1. The molecule has 124 valence electrons. The molecule has 0 aromatic carbocycles. The number of aryl methyl sites for hydroxylation is 1. The van der Waals surface area contributed by atoms with Crippen molar-refractivity contribution in [2.24, 2.45) is 0 Å². The Balaban J connectivity index is 2.07. The number of hydrogen-bond donors (Lipinski definition) is 2. The molecule has 3 rings (SSSR count). The molecule has 24 heavy (non-hydrogen) atoms. The Hall–Kier alpha value is -3.17. The van der Waals surface area contributed by atoms with Gasteiger partial charge >= 0.3 is 6.18 Å². The summed E-state index contributed by atoms with van der Waals surface area (Å²) in [6.45, 7) is 1.66. The number of nitrogens with zero attached hydrogens (tertiary/aromatic N) is 4. The monoisotopic (exact) mass is 336 g/mol. The van der Waals surface area contributed by atoms with Gasteiger partial charge in [0.15, 0.2) is 5.69 Å². The molecule has 0 bridgehead atoms. The van der Waals surface area contributed by atoms with Gasteiger partial charge in [0.05, 0.1) is 5.69 Å². The van der Waals surface area contributed by atoms with Crippen LogP contribution in [0.15, 0.2) is 41.3 Å². The lowest BCUT2D eigenvalue weighted by Crippen LogP contribution is -2.20. The highest BCUT2D eigenvalue weighted by Gasteiger charge is 2.33. The van der Waals surface area contributed by atoms with Crippen LogP contribution < -0.4 is 10.9 Å². The number of aromatic amines is 1. The Morgan fingerprint density at radius 2 is 2.04 bits per heavy atom. The maximum absolute atomic E-state index is 12.8. The van der Waals surface area contributed by atoms with Crippen LogP contribution in [0.4, 0.5) is 24.8 Å². The number of hydrogen-bond acceptors (Lipinski definition) is 5. The number of anilines is 2. The smallest absolute Gasteiger partial charge is 0.325 e. The highest BCUT2D eigenvalue weighted by atomic mass is 19.4. The fourth-order valence-corrected chi connectivity index (χ4v) is 2.01. The van der Waals surface area contributed by atoms with Gasteiger partial charge in [-0.2, -0.15) is 23.0 Å².